The predicted octanol–water partition coefficient (Wildman–Crippen LogP) is 3.96. The second-order valence-electron chi connectivity index (χ2n) is 7.64. The Morgan fingerprint density at radius 1 is 0.871 bits per heavy atom. The van der Waals surface area contributed by atoms with E-state index in [-0.39, 0.29) is 5.91 Å². The van der Waals surface area contributed by atoms with Crippen molar-refractivity contribution in [2.45, 2.75) is 19.2 Å². The summed E-state index contributed by atoms with van der Waals surface area (Å²) in [5.74, 6) is 0.506. The van der Waals surface area contributed by atoms with Gasteiger partial charge in [-0.05, 0) is 23.3 Å². The van der Waals surface area contributed by atoms with Crippen molar-refractivity contribution in [3.63, 3.8) is 0 Å². The number of nitrogens with zero attached hydrogens (tertiary/aromatic N) is 1. The van der Waals surface area contributed by atoms with Crippen molar-refractivity contribution in [2.75, 3.05) is 26.3 Å². The summed E-state index contributed by atoms with van der Waals surface area (Å²) in [5.41, 5.74) is 3.15. The molecular formula is C26H28N2O3. The number of hydrogen-bond acceptors (Lipinski definition) is 4. The molecule has 3 aromatic carbocycles. The number of carbonyl (C=O) groups is 1. The number of amides is 1. The molecule has 4 rings (SSSR count). The third-order valence-electron chi connectivity index (χ3n) is 5.34. The average molecular weight is 417 g/mol. The summed E-state index contributed by atoms with van der Waals surface area (Å²) in [5, 5.41) is 3.03. The monoisotopic (exact) mass is 416 g/mol. The summed E-state index contributed by atoms with van der Waals surface area (Å²) in [6, 6.07) is 27.4. The maximum absolute atomic E-state index is 13.0. The molecule has 160 valence electrons. The minimum absolute atomic E-state index is 0.160. The number of ether oxygens (including phenoxy) is 2. The van der Waals surface area contributed by atoms with Crippen molar-refractivity contribution in [1.82, 2.24) is 10.2 Å². The highest BCUT2D eigenvalue weighted by molar-refractivity contribution is 5.82. The molecule has 1 saturated heterocycles. The maximum Gasteiger partial charge on any atom is 0.266 e. The molecule has 1 fully saturated rings. The van der Waals surface area contributed by atoms with Gasteiger partial charge in [-0.3, -0.25) is 9.69 Å². The van der Waals surface area contributed by atoms with Crippen LogP contribution < -0.4 is 10.1 Å². The fraction of sp³-hybridized carbons (Fsp3) is 0.269. The van der Waals surface area contributed by atoms with E-state index in [4.69, 9.17) is 9.47 Å². The van der Waals surface area contributed by atoms with E-state index in [2.05, 4.69) is 34.5 Å². The van der Waals surface area contributed by atoms with Crippen LogP contribution in [0.15, 0.2) is 84.9 Å². The normalized spacial score (nSPS) is 15.2. The lowest BCUT2D eigenvalue weighted by Gasteiger charge is -2.26. The second kappa shape index (κ2) is 10.8. The van der Waals surface area contributed by atoms with Gasteiger partial charge in [-0.15, -0.1) is 0 Å². The zero-order valence-corrected chi connectivity index (χ0v) is 17.6. The molecular weight excluding hydrogens is 388 g/mol. The molecule has 3 aromatic rings. The first-order chi connectivity index (χ1) is 15.3. The molecule has 1 aliphatic heterocycles. The largest absolute Gasteiger partial charge is 0.476 e. The Morgan fingerprint density at radius 2 is 1.48 bits per heavy atom. The smallest absolute Gasteiger partial charge is 0.266 e. The Morgan fingerprint density at radius 3 is 2.16 bits per heavy atom. The van der Waals surface area contributed by atoms with Crippen LogP contribution in [0, 0.1) is 0 Å². The fourth-order valence-electron chi connectivity index (χ4n) is 3.60. The highest BCUT2D eigenvalue weighted by atomic mass is 16.5. The molecule has 0 spiro atoms. The number of morpholine rings is 1. The summed E-state index contributed by atoms with van der Waals surface area (Å²) < 4.78 is 11.4. The van der Waals surface area contributed by atoms with Crippen molar-refractivity contribution < 1.29 is 14.3 Å². The maximum atomic E-state index is 13.0. The van der Waals surface area contributed by atoms with Gasteiger partial charge in [-0.2, -0.15) is 0 Å². The molecule has 1 atom stereocenters. The Hall–Kier alpha value is -3.15. The van der Waals surface area contributed by atoms with Crippen LogP contribution in [0.5, 0.6) is 5.75 Å². The molecule has 0 saturated carbocycles. The lowest BCUT2D eigenvalue weighted by molar-refractivity contribution is -0.128. The molecule has 0 aliphatic carbocycles. The molecule has 1 heterocycles. The molecule has 0 bridgehead atoms. The molecule has 0 unspecified atom stereocenters. The average Bonchev–Trinajstić information content (AvgIpc) is 2.84. The van der Waals surface area contributed by atoms with Crippen LogP contribution in [0.25, 0.3) is 0 Å². The summed E-state index contributed by atoms with van der Waals surface area (Å²) in [6.07, 6.45) is -0.704. The van der Waals surface area contributed by atoms with Crippen LogP contribution in [0.1, 0.15) is 22.8 Å². The second-order valence-corrected chi connectivity index (χ2v) is 7.64. The van der Waals surface area contributed by atoms with E-state index in [9.17, 15) is 4.79 Å². The van der Waals surface area contributed by atoms with Crippen LogP contribution in [0.3, 0.4) is 0 Å². The number of nitrogens with one attached hydrogen (secondary N) is 1. The van der Waals surface area contributed by atoms with E-state index in [1.807, 2.05) is 60.7 Å². The lowest BCUT2D eigenvalue weighted by atomic mass is 10.1. The number of para-hydroxylation sites is 1. The van der Waals surface area contributed by atoms with Gasteiger partial charge in [0.05, 0.1) is 13.2 Å². The topological polar surface area (TPSA) is 50.8 Å². The molecule has 5 heteroatoms. The zero-order chi connectivity index (χ0) is 21.3. The van der Waals surface area contributed by atoms with Gasteiger partial charge in [0.1, 0.15) is 5.75 Å². The predicted molar refractivity (Wildman–Crippen MR) is 121 cm³/mol. The van der Waals surface area contributed by atoms with E-state index in [1.54, 1.807) is 0 Å². The fourth-order valence-corrected chi connectivity index (χ4v) is 3.60. The van der Waals surface area contributed by atoms with Gasteiger partial charge in [0, 0.05) is 31.7 Å². The van der Waals surface area contributed by atoms with Crippen molar-refractivity contribution in [3.05, 3.63) is 102 Å². The quantitative estimate of drug-likeness (QED) is 0.604. The third-order valence-corrected chi connectivity index (χ3v) is 5.34. The molecule has 5 nitrogen and oxygen atoms in total. The first-order valence-electron chi connectivity index (χ1n) is 10.7. The summed E-state index contributed by atoms with van der Waals surface area (Å²) in [7, 11) is 0. The van der Waals surface area contributed by atoms with Crippen LogP contribution in [-0.4, -0.2) is 37.1 Å². The Kier molecular flexibility index (Phi) is 7.32. The SMILES string of the molecule is O=C(NCc1ccc(CN2CCOCC2)cc1)[C@@H](Oc1ccccc1)c1ccccc1. The third kappa shape index (κ3) is 6.17. The molecule has 1 amide bonds. The van der Waals surface area contributed by atoms with Gasteiger partial charge in [0.2, 0.25) is 6.10 Å². The molecule has 31 heavy (non-hydrogen) atoms. The summed E-state index contributed by atoms with van der Waals surface area (Å²) in [6.45, 7) is 4.94. The van der Waals surface area contributed by atoms with E-state index >= 15 is 0 Å². The molecule has 1 N–H and O–H groups in total. The first-order valence-corrected chi connectivity index (χ1v) is 10.7. The molecule has 0 aromatic heterocycles. The summed E-state index contributed by atoms with van der Waals surface area (Å²) in [4.78, 5) is 15.4. The van der Waals surface area contributed by atoms with Gasteiger partial charge in [0.25, 0.3) is 5.91 Å². The van der Waals surface area contributed by atoms with Crippen molar-refractivity contribution in [1.29, 1.82) is 0 Å². The highest BCUT2D eigenvalue weighted by Gasteiger charge is 2.22. The highest BCUT2D eigenvalue weighted by Crippen LogP contribution is 2.22. The molecule has 1 aliphatic rings. The Bertz CT molecular complexity index is 939. The van der Waals surface area contributed by atoms with Crippen molar-refractivity contribution in [2.24, 2.45) is 0 Å². The standard InChI is InChI=1S/C26H28N2O3/c29-26(25(23-7-3-1-4-8-23)31-24-9-5-2-6-10-24)27-19-21-11-13-22(14-12-21)20-28-15-17-30-18-16-28/h1-14,25H,15-20H2,(H,27,29)/t25-/m0/s1. The van der Waals surface area contributed by atoms with Gasteiger partial charge in [0.15, 0.2) is 0 Å². The van der Waals surface area contributed by atoms with E-state index in [1.165, 1.54) is 5.56 Å². The molecule has 0 radical (unpaired) electrons. The lowest BCUT2D eigenvalue weighted by Crippen LogP contribution is -2.35. The van der Waals surface area contributed by atoms with E-state index in [0.29, 0.717) is 12.3 Å². The van der Waals surface area contributed by atoms with Gasteiger partial charge in [-0.25, -0.2) is 0 Å². The van der Waals surface area contributed by atoms with Gasteiger partial charge < -0.3 is 14.8 Å². The Labute approximate surface area is 183 Å². The summed E-state index contributed by atoms with van der Waals surface area (Å²) >= 11 is 0. The van der Waals surface area contributed by atoms with Gasteiger partial charge >= 0.3 is 0 Å². The van der Waals surface area contributed by atoms with Crippen LogP contribution in [-0.2, 0) is 22.6 Å². The van der Waals surface area contributed by atoms with Crippen LogP contribution in [0.4, 0.5) is 0 Å². The van der Waals surface area contributed by atoms with Gasteiger partial charge in [-0.1, -0.05) is 72.8 Å². The Balaban J connectivity index is 1.37. The van der Waals surface area contributed by atoms with Crippen molar-refractivity contribution >= 4 is 5.91 Å². The zero-order valence-electron chi connectivity index (χ0n) is 17.6. The number of rotatable bonds is 8. The van der Waals surface area contributed by atoms with E-state index < -0.39 is 6.10 Å². The number of hydrogen-bond donors (Lipinski definition) is 1. The minimum Gasteiger partial charge on any atom is -0.476 e. The number of carbonyl (C=O) groups excluding carboxylic acids is 1. The first kappa shape index (κ1) is 21.1. The van der Waals surface area contributed by atoms with Crippen LogP contribution >= 0.6 is 0 Å². The van der Waals surface area contributed by atoms with E-state index in [0.717, 1.165) is 44.0 Å². The van der Waals surface area contributed by atoms with Crippen molar-refractivity contribution in [3.8, 4) is 5.75 Å². The van der Waals surface area contributed by atoms with Crippen LogP contribution in [0.2, 0.25) is 0 Å². The minimum atomic E-state index is -0.704. The number of benzene rings is 3.